The SMILES string of the molecule is O=C(COc1cc(F)ccc1F)NCCc1nc2ccccc2[nH]1. The number of aromatic nitrogens is 2. The van der Waals surface area contributed by atoms with E-state index in [9.17, 15) is 13.6 Å². The molecule has 0 spiro atoms. The predicted octanol–water partition coefficient (Wildman–Crippen LogP) is 2.58. The van der Waals surface area contributed by atoms with Crippen molar-refractivity contribution in [1.29, 1.82) is 0 Å². The van der Waals surface area contributed by atoms with Gasteiger partial charge in [0.15, 0.2) is 18.2 Å². The number of nitrogens with one attached hydrogen (secondary N) is 2. The van der Waals surface area contributed by atoms with Crippen LogP contribution < -0.4 is 10.1 Å². The number of H-pyrrole nitrogens is 1. The van der Waals surface area contributed by atoms with Crippen molar-refractivity contribution in [3.05, 3.63) is 59.9 Å². The van der Waals surface area contributed by atoms with E-state index in [1.165, 1.54) is 0 Å². The Kier molecular flexibility index (Phi) is 4.69. The smallest absolute Gasteiger partial charge is 0.257 e. The van der Waals surface area contributed by atoms with Crippen LogP contribution in [0.3, 0.4) is 0 Å². The van der Waals surface area contributed by atoms with Gasteiger partial charge in [0.25, 0.3) is 5.91 Å². The molecule has 0 saturated heterocycles. The first-order valence-corrected chi connectivity index (χ1v) is 7.40. The Bertz CT molecular complexity index is 831. The summed E-state index contributed by atoms with van der Waals surface area (Å²) in [5, 5.41) is 2.64. The number of para-hydroxylation sites is 2. The Morgan fingerprint density at radius 3 is 2.88 bits per heavy atom. The fourth-order valence-corrected chi connectivity index (χ4v) is 2.23. The standard InChI is InChI=1S/C17H15F2N3O2/c18-11-5-6-12(19)15(9-11)24-10-17(23)20-8-7-16-21-13-3-1-2-4-14(13)22-16/h1-6,9H,7-8,10H2,(H,20,23)(H,21,22). The second kappa shape index (κ2) is 7.08. The molecular formula is C17H15F2N3O2. The van der Waals surface area contributed by atoms with Gasteiger partial charge in [-0.3, -0.25) is 4.79 Å². The van der Waals surface area contributed by atoms with Crippen LogP contribution in [0, 0.1) is 11.6 Å². The number of aromatic amines is 1. The molecule has 0 aliphatic carbocycles. The fraction of sp³-hybridized carbons (Fsp3) is 0.176. The third kappa shape index (κ3) is 3.87. The van der Waals surface area contributed by atoms with E-state index in [0.29, 0.717) is 13.0 Å². The molecule has 5 nitrogen and oxygen atoms in total. The summed E-state index contributed by atoms with van der Waals surface area (Å²) in [6.07, 6.45) is 0.523. The third-order valence-corrected chi connectivity index (χ3v) is 3.37. The molecule has 24 heavy (non-hydrogen) atoms. The van der Waals surface area contributed by atoms with Crippen LogP contribution in [0.25, 0.3) is 11.0 Å². The number of nitrogens with zero attached hydrogens (tertiary/aromatic N) is 1. The zero-order chi connectivity index (χ0) is 16.9. The highest BCUT2D eigenvalue weighted by Crippen LogP contribution is 2.17. The van der Waals surface area contributed by atoms with E-state index in [1.54, 1.807) is 0 Å². The van der Waals surface area contributed by atoms with E-state index in [1.807, 2.05) is 24.3 Å². The Morgan fingerprint density at radius 1 is 1.21 bits per heavy atom. The Hall–Kier alpha value is -2.96. The molecule has 3 aromatic rings. The molecule has 2 aromatic carbocycles. The van der Waals surface area contributed by atoms with Gasteiger partial charge in [-0.2, -0.15) is 0 Å². The molecule has 1 aromatic heterocycles. The maximum absolute atomic E-state index is 13.4. The van der Waals surface area contributed by atoms with Crippen molar-refractivity contribution in [2.75, 3.05) is 13.2 Å². The molecule has 0 radical (unpaired) electrons. The number of halogens is 2. The summed E-state index contributed by atoms with van der Waals surface area (Å²) in [4.78, 5) is 19.2. The highest BCUT2D eigenvalue weighted by Gasteiger charge is 2.08. The van der Waals surface area contributed by atoms with Crippen molar-refractivity contribution < 1.29 is 18.3 Å². The highest BCUT2D eigenvalue weighted by molar-refractivity contribution is 5.77. The summed E-state index contributed by atoms with van der Waals surface area (Å²) in [7, 11) is 0. The van der Waals surface area contributed by atoms with Crippen LogP contribution in [0.4, 0.5) is 8.78 Å². The number of ether oxygens (including phenoxy) is 1. The van der Waals surface area contributed by atoms with E-state index in [2.05, 4.69) is 15.3 Å². The highest BCUT2D eigenvalue weighted by atomic mass is 19.1. The molecule has 2 N–H and O–H groups in total. The first-order chi connectivity index (χ1) is 11.6. The summed E-state index contributed by atoms with van der Waals surface area (Å²) < 4.78 is 31.3. The molecule has 3 rings (SSSR count). The van der Waals surface area contributed by atoms with Crippen LogP contribution in [0.2, 0.25) is 0 Å². The van der Waals surface area contributed by atoms with Gasteiger partial charge < -0.3 is 15.0 Å². The van der Waals surface area contributed by atoms with E-state index in [0.717, 1.165) is 35.1 Å². The number of hydrogen-bond acceptors (Lipinski definition) is 3. The summed E-state index contributed by atoms with van der Waals surface area (Å²) in [5.74, 6) is -1.30. The molecule has 0 aliphatic heterocycles. The molecule has 0 unspecified atom stereocenters. The zero-order valence-electron chi connectivity index (χ0n) is 12.7. The minimum Gasteiger partial charge on any atom is -0.481 e. The molecule has 0 bridgehead atoms. The second-order valence-electron chi connectivity index (χ2n) is 5.16. The number of carbonyl (C=O) groups is 1. The minimum atomic E-state index is -0.716. The van der Waals surface area contributed by atoms with Crippen molar-refractivity contribution in [1.82, 2.24) is 15.3 Å². The lowest BCUT2D eigenvalue weighted by Crippen LogP contribution is -2.30. The largest absolute Gasteiger partial charge is 0.481 e. The van der Waals surface area contributed by atoms with Gasteiger partial charge >= 0.3 is 0 Å². The maximum atomic E-state index is 13.4. The van der Waals surface area contributed by atoms with Gasteiger partial charge in [-0.15, -0.1) is 0 Å². The van der Waals surface area contributed by atoms with Gasteiger partial charge in [-0.05, 0) is 24.3 Å². The Morgan fingerprint density at radius 2 is 2.04 bits per heavy atom. The molecule has 1 amide bonds. The summed E-state index contributed by atoms with van der Waals surface area (Å²) in [6, 6.07) is 10.5. The van der Waals surface area contributed by atoms with E-state index in [4.69, 9.17) is 4.74 Å². The van der Waals surface area contributed by atoms with Crippen LogP contribution in [0.5, 0.6) is 5.75 Å². The van der Waals surface area contributed by atoms with Crippen molar-refractivity contribution >= 4 is 16.9 Å². The first-order valence-electron chi connectivity index (χ1n) is 7.40. The fourth-order valence-electron chi connectivity index (χ4n) is 2.23. The number of imidazole rings is 1. The van der Waals surface area contributed by atoms with Crippen LogP contribution in [0.1, 0.15) is 5.82 Å². The Balaban J connectivity index is 1.46. The first kappa shape index (κ1) is 15.9. The average Bonchev–Trinajstić information content (AvgIpc) is 2.98. The number of amides is 1. The maximum Gasteiger partial charge on any atom is 0.257 e. The van der Waals surface area contributed by atoms with Crippen molar-refractivity contribution in [3.8, 4) is 5.75 Å². The van der Waals surface area contributed by atoms with Crippen LogP contribution in [-0.2, 0) is 11.2 Å². The van der Waals surface area contributed by atoms with Crippen molar-refractivity contribution in [3.63, 3.8) is 0 Å². The number of benzene rings is 2. The van der Waals surface area contributed by atoms with Crippen LogP contribution >= 0.6 is 0 Å². The number of carbonyl (C=O) groups excluding carboxylic acids is 1. The topological polar surface area (TPSA) is 67.0 Å². The average molecular weight is 331 g/mol. The molecule has 124 valence electrons. The van der Waals surface area contributed by atoms with Crippen LogP contribution in [0.15, 0.2) is 42.5 Å². The molecular weight excluding hydrogens is 316 g/mol. The van der Waals surface area contributed by atoms with Crippen LogP contribution in [-0.4, -0.2) is 29.0 Å². The zero-order valence-corrected chi connectivity index (χ0v) is 12.7. The third-order valence-electron chi connectivity index (χ3n) is 3.37. The summed E-state index contributed by atoms with van der Waals surface area (Å²) in [6.45, 7) is -0.0336. The normalized spacial score (nSPS) is 10.8. The monoisotopic (exact) mass is 331 g/mol. The van der Waals surface area contributed by atoms with Gasteiger partial charge in [0.1, 0.15) is 11.6 Å². The van der Waals surface area contributed by atoms with Crippen molar-refractivity contribution in [2.45, 2.75) is 6.42 Å². The van der Waals surface area contributed by atoms with Gasteiger partial charge in [-0.1, -0.05) is 12.1 Å². The molecule has 0 atom stereocenters. The van der Waals surface area contributed by atoms with Gasteiger partial charge in [-0.25, -0.2) is 13.8 Å². The minimum absolute atomic E-state index is 0.289. The quantitative estimate of drug-likeness (QED) is 0.729. The van der Waals surface area contributed by atoms with E-state index < -0.39 is 17.5 Å². The van der Waals surface area contributed by atoms with Gasteiger partial charge in [0.2, 0.25) is 0 Å². The molecule has 0 saturated carbocycles. The lowest BCUT2D eigenvalue weighted by atomic mass is 10.3. The Labute approximate surface area is 136 Å². The molecule has 0 fully saturated rings. The summed E-state index contributed by atoms with van der Waals surface area (Å²) >= 11 is 0. The molecule has 7 heteroatoms. The lowest BCUT2D eigenvalue weighted by Gasteiger charge is -2.07. The summed E-state index contributed by atoms with van der Waals surface area (Å²) in [5.41, 5.74) is 1.80. The lowest BCUT2D eigenvalue weighted by molar-refractivity contribution is -0.123. The van der Waals surface area contributed by atoms with Gasteiger partial charge in [0, 0.05) is 19.0 Å². The molecule has 1 heterocycles. The predicted molar refractivity (Wildman–Crippen MR) is 84.7 cm³/mol. The van der Waals surface area contributed by atoms with E-state index >= 15 is 0 Å². The molecule has 0 aliphatic rings. The number of fused-ring (bicyclic) bond motifs is 1. The second-order valence-corrected chi connectivity index (χ2v) is 5.16. The van der Waals surface area contributed by atoms with Gasteiger partial charge in [0.05, 0.1) is 11.0 Å². The number of rotatable bonds is 6. The number of hydrogen-bond donors (Lipinski definition) is 2. The van der Waals surface area contributed by atoms with E-state index in [-0.39, 0.29) is 12.4 Å². The van der Waals surface area contributed by atoms with Crippen molar-refractivity contribution in [2.24, 2.45) is 0 Å².